The van der Waals surface area contributed by atoms with E-state index in [1.165, 1.54) is 7.05 Å². The predicted octanol–water partition coefficient (Wildman–Crippen LogP) is 3.15. The molecule has 1 aliphatic rings. The monoisotopic (exact) mass is 307 g/mol. The zero-order chi connectivity index (χ0) is 15.4. The number of thioether (sulfide) groups is 1. The number of rotatable bonds is 5. The molecule has 0 aliphatic carbocycles. The van der Waals surface area contributed by atoms with E-state index in [2.05, 4.69) is 0 Å². The minimum atomic E-state index is -0.281. The first kappa shape index (κ1) is 15.4. The topological polar surface area (TPSA) is 55.8 Å². The lowest BCUT2D eigenvalue weighted by atomic mass is 10.2. The Labute approximate surface area is 127 Å². The molecule has 0 atom stereocenters. The first-order chi connectivity index (χ1) is 10.1. The third-order valence-corrected chi connectivity index (χ3v) is 3.81. The van der Waals surface area contributed by atoms with Gasteiger partial charge in [0.2, 0.25) is 0 Å². The zero-order valence-corrected chi connectivity index (χ0v) is 13.0. The van der Waals surface area contributed by atoms with Gasteiger partial charge in [-0.15, -0.1) is 0 Å². The van der Waals surface area contributed by atoms with Crippen LogP contribution in [0.4, 0.5) is 4.79 Å². The van der Waals surface area contributed by atoms with Crippen molar-refractivity contribution in [2.45, 2.75) is 13.8 Å². The largest absolute Gasteiger partial charge is 0.490 e. The van der Waals surface area contributed by atoms with Crippen LogP contribution in [0.15, 0.2) is 23.1 Å². The maximum Gasteiger partial charge on any atom is 0.293 e. The molecule has 21 heavy (non-hydrogen) atoms. The Balaban J connectivity index is 2.30. The molecule has 0 N–H and O–H groups in total. The van der Waals surface area contributed by atoms with Gasteiger partial charge in [-0.3, -0.25) is 14.5 Å². The fraction of sp³-hybridized carbons (Fsp3) is 0.333. The molecule has 2 rings (SSSR count). The summed E-state index contributed by atoms with van der Waals surface area (Å²) >= 11 is 0.937. The van der Waals surface area contributed by atoms with Crippen LogP contribution in [0.25, 0.3) is 6.08 Å². The molecule has 1 saturated heterocycles. The summed E-state index contributed by atoms with van der Waals surface area (Å²) in [5.41, 5.74) is 0.792. The number of imide groups is 1. The molecule has 1 aromatic rings. The van der Waals surface area contributed by atoms with E-state index in [9.17, 15) is 9.59 Å². The Hall–Kier alpha value is -1.95. The van der Waals surface area contributed by atoms with Crippen LogP contribution in [-0.2, 0) is 4.79 Å². The quantitative estimate of drug-likeness (QED) is 0.782. The van der Waals surface area contributed by atoms with Crippen molar-refractivity contribution in [3.63, 3.8) is 0 Å². The average molecular weight is 307 g/mol. The summed E-state index contributed by atoms with van der Waals surface area (Å²) in [6, 6.07) is 5.44. The molecule has 0 aromatic heterocycles. The van der Waals surface area contributed by atoms with Crippen LogP contribution in [0.1, 0.15) is 19.4 Å². The first-order valence-electron chi connectivity index (χ1n) is 6.68. The SMILES string of the molecule is CCOc1ccc(/C=C2\SC(=O)N(C)C2=O)cc1OCC. The van der Waals surface area contributed by atoms with Gasteiger partial charge in [-0.05, 0) is 49.4 Å². The van der Waals surface area contributed by atoms with Crippen molar-refractivity contribution in [3.05, 3.63) is 28.7 Å². The molecule has 0 radical (unpaired) electrons. The highest BCUT2D eigenvalue weighted by atomic mass is 32.2. The summed E-state index contributed by atoms with van der Waals surface area (Å²) in [6.45, 7) is 4.87. The summed E-state index contributed by atoms with van der Waals surface area (Å²) in [7, 11) is 1.47. The van der Waals surface area contributed by atoms with Crippen LogP contribution >= 0.6 is 11.8 Å². The van der Waals surface area contributed by atoms with Gasteiger partial charge >= 0.3 is 0 Å². The van der Waals surface area contributed by atoms with Gasteiger partial charge < -0.3 is 9.47 Å². The van der Waals surface area contributed by atoms with Gasteiger partial charge in [0.1, 0.15) is 0 Å². The Morgan fingerprint density at radius 2 is 1.81 bits per heavy atom. The van der Waals surface area contributed by atoms with Gasteiger partial charge in [-0.25, -0.2) is 0 Å². The fourth-order valence-corrected chi connectivity index (χ4v) is 2.68. The molecular formula is C15H17NO4S. The molecule has 0 spiro atoms. The lowest BCUT2D eigenvalue weighted by Gasteiger charge is -2.11. The van der Waals surface area contributed by atoms with E-state index in [1.807, 2.05) is 19.9 Å². The highest BCUT2D eigenvalue weighted by molar-refractivity contribution is 8.18. The second-order valence-corrected chi connectivity index (χ2v) is 5.31. The number of likely N-dealkylation sites (N-methyl/N-ethyl adjacent to an activating group) is 1. The van der Waals surface area contributed by atoms with Crippen LogP contribution in [0.2, 0.25) is 0 Å². The average Bonchev–Trinajstić information content (AvgIpc) is 2.70. The Kier molecular flexibility index (Phi) is 4.90. The zero-order valence-electron chi connectivity index (χ0n) is 12.2. The van der Waals surface area contributed by atoms with E-state index < -0.39 is 0 Å². The van der Waals surface area contributed by atoms with E-state index in [4.69, 9.17) is 9.47 Å². The standard InChI is InChI=1S/C15H17NO4S/c1-4-19-11-7-6-10(8-12(11)20-5-2)9-13-14(17)16(3)15(18)21-13/h6-9H,4-5H2,1-3H3/b13-9-. The molecular weight excluding hydrogens is 290 g/mol. The van der Waals surface area contributed by atoms with Crippen LogP contribution in [0.3, 0.4) is 0 Å². The van der Waals surface area contributed by atoms with Crippen molar-refractivity contribution in [2.75, 3.05) is 20.3 Å². The lowest BCUT2D eigenvalue weighted by molar-refractivity contribution is -0.121. The van der Waals surface area contributed by atoms with Crippen molar-refractivity contribution in [2.24, 2.45) is 0 Å². The highest BCUT2D eigenvalue weighted by Gasteiger charge is 2.31. The van der Waals surface area contributed by atoms with Crippen molar-refractivity contribution in [1.82, 2.24) is 4.90 Å². The van der Waals surface area contributed by atoms with E-state index in [-0.39, 0.29) is 11.1 Å². The molecule has 0 unspecified atom stereocenters. The summed E-state index contributed by atoms with van der Waals surface area (Å²) in [6.07, 6.45) is 1.69. The van der Waals surface area contributed by atoms with E-state index in [0.29, 0.717) is 29.6 Å². The molecule has 1 heterocycles. The molecule has 1 fully saturated rings. The van der Waals surface area contributed by atoms with Gasteiger partial charge in [0.15, 0.2) is 11.5 Å². The molecule has 112 valence electrons. The summed E-state index contributed by atoms with van der Waals surface area (Å²) < 4.78 is 11.0. The van der Waals surface area contributed by atoms with Crippen LogP contribution < -0.4 is 9.47 Å². The molecule has 0 saturated carbocycles. The van der Waals surface area contributed by atoms with Gasteiger partial charge in [0.25, 0.3) is 11.1 Å². The van der Waals surface area contributed by atoms with Crippen LogP contribution in [0.5, 0.6) is 11.5 Å². The highest BCUT2D eigenvalue weighted by Crippen LogP contribution is 2.33. The fourth-order valence-electron chi connectivity index (χ4n) is 1.85. The predicted molar refractivity (Wildman–Crippen MR) is 82.5 cm³/mol. The van der Waals surface area contributed by atoms with Crippen molar-refractivity contribution >= 4 is 29.0 Å². The number of benzene rings is 1. The molecule has 2 amide bonds. The number of ether oxygens (including phenoxy) is 2. The molecule has 0 bridgehead atoms. The number of hydrogen-bond donors (Lipinski definition) is 0. The van der Waals surface area contributed by atoms with E-state index in [0.717, 1.165) is 22.2 Å². The third kappa shape index (κ3) is 3.39. The second kappa shape index (κ2) is 6.67. The first-order valence-corrected chi connectivity index (χ1v) is 7.49. The van der Waals surface area contributed by atoms with Gasteiger partial charge in [-0.1, -0.05) is 6.07 Å². The van der Waals surface area contributed by atoms with Gasteiger partial charge in [0.05, 0.1) is 18.1 Å². The maximum atomic E-state index is 11.9. The normalized spacial score (nSPS) is 16.7. The van der Waals surface area contributed by atoms with Crippen molar-refractivity contribution in [1.29, 1.82) is 0 Å². The van der Waals surface area contributed by atoms with Crippen molar-refractivity contribution < 1.29 is 19.1 Å². The summed E-state index contributed by atoms with van der Waals surface area (Å²) in [5.74, 6) is 1.01. The number of amides is 2. The van der Waals surface area contributed by atoms with Crippen LogP contribution in [0, 0.1) is 0 Å². The summed E-state index contributed by atoms with van der Waals surface area (Å²) in [4.78, 5) is 24.9. The lowest BCUT2D eigenvalue weighted by Crippen LogP contribution is -2.22. The maximum absolute atomic E-state index is 11.9. The van der Waals surface area contributed by atoms with Gasteiger partial charge in [0, 0.05) is 7.05 Å². The third-order valence-electron chi connectivity index (χ3n) is 2.85. The molecule has 1 aromatic carbocycles. The Morgan fingerprint density at radius 3 is 2.38 bits per heavy atom. The van der Waals surface area contributed by atoms with E-state index in [1.54, 1.807) is 18.2 Å². The second-order valence-electron chi connectivity index (χ2n) is 4.31. The van der Waals surface area contributed by atoms with E-state index >= 15 is 0 Å². The van der Waals surface area contributed by atoms with Crippen LogP contribution in [-0.4, -0.2) is 36.3 Å². The minimum absolute atomic E-state index is 0.262. The Bertz CT molecular complexity index is 597. The smallest absolute Gasteiger partial charge is 0.293 e. The number of hydrogen-bond acceptors (Lipinski definition) is 5. The molecule has 1 aliphatic heterocycles. The number of nitrogens with zero attached hydrogens (tertiary/aromatic N) is 1. The van der Waals surface area contributed by atoms with Crippen molar-refractivity contribution in [3.8, 4) is 11.5 Å². The molecule has 6 heteroatoms. The minimum Gasteiger partial charge on any atom is -0.490 e. The Morgan fingerprint density at radius 1 is 1.14 bits per heavy atom. The molecule has 5 nitrogen and oxygen atoms in total. The summed E-state index contributed by atoms with van der Waals surface area (Å²) in [5, 5.41) is -0.262. The van der Waals surface area contributed by atoms with Gasteiger partial charge in [-0.2, -0.15) is 0 Å². The number of carbonyl (C=O) groups excluding carboxylic acids is 2. The number of carbonyl (C=O) groups is 2.